The van der Waals surface area contributed by atoms with E-state index in [2.05, 4.69) is 9.47 Å². The second-order valence-electron chi connectivity index (χ2n) is 3.13. The van der Waals surface area contributed by atoms with Gasteiger partial charge < -0.3 is 14.2 Å². The summed E-state index contributed by atoms with van der Waals surface area (Å²) in [7, 11) is 0. The van der Waals surface area contributed by atoms with Crippen LogP contribution in [0.4, 0.5) is 14.4 Å². The van der Waals surface area contributed by atoms with E-state index in [0.717, 1.165) is 0 Å². The normalized spacial score (nSPS) is 13.3. The van der Waals surface area contributed by atoms with E-state index in [9.17, 15) is 14.4 Å². The molecule has 0 aromatic carbocycles. The molecule has 0 aromatic heterocycles. The van der Waals surface area contributed by atoms with E-state index in [0.29, 0.717) is 12.8 Å². The molecule has 2 unspecified atom stereocenters. The Hall–Kier alpha value is -0.720. The molecule has 0 amide bonds. The fourth-order valence-electron chi connectivity index (χ4n) is 1.21. The summed E-state index contributed by atoms with van der Waals surface area (Å²) in [6.45, 7) is 1.41. The van der Waals surface area contributed by atoms with Gasteiger partial charge in [0.05, 0.1) is 0 Å². The standard InChI is InChI=1S/C9H11Cl3O6/c1-2-3-5(17-8(11)14)6(18-9(12)15)4-16-7(10)13/h5-6H,2-4H2,1H3. The number of ether oxygens (including phenoxy) is 3. The Kier molecular flexibility index (Phi) is 8.87. The molecule has 0 bridgehead atoms. The van der Waals surface area contributed by atoms with Crippen molar-refractivity contribution in [2.75, 3.05) is 6.61 Å². The Balaban J connectivity index is 4.66. The summed E-state index contributed by atoms with van der Waals surface area (Å²) >= 11 is 15.1. The third-order valence-electron chi connectivity index (χ3n) is 1.84. The molecular weight excluding hydrogens is 310 g/mol. The molecule has 0 spiro atoms. The van der Waals surface area contributed by atoms with Gasteiger partial charge in [0.25, 0.3) is 0 Å². The molecule has 0 aliphatic rings. The molecule has 9 heteroatoms. The smallest absolute Gasteiger partial charge is 0.404 e. The van der Waals surface area contributed by atoms with Crippen molar-refractivity contribution >= 4 is 51.1 Å². The van der Waals surface area contributed by atoms with Crippen LogP contribution >= 0.6 is 34.8 Å². The van der Waals surface area contributed by atoms with Crippen molar-refractivity contribution in [2.24, 2.45) is 0 Å². The molecule has 6 nitrogen and oxygen atoms in total. The molecule has 0 rings (SSSR count). The van der Waals surface area contributed by atoms with Gasteiger partial charge in [-0.15, -0.1) is 0 Å². The Bertz CT molecular complexity index is 309. The van der Waals surface area contributed by atoms with Gasteiger partial charge >= 0.3 is 16.3 Å². The first-order valence-corrected chi connectivity index (χ1v) is 6.04. The fourth-order valence-corrected chi connectivity index (χ4v) is 1.50. The van der Waals surface area contributed by atoms with Crippen LogP contribution in [0.15, 0.2) is 0 Å². The van der Waals surface area contributed by atoms with E-state index < -0.39 is 35.1 Å². The Morgan fingerprint density at radius 3 is 1.83 bits per heavy atom. The molecule has 0 fully saturated rings. The van der Waals surface area contributed by atoms with Gasteiger partial charge in [-0.25, -0.2) is 14.4 Å². The van der Waals surface area contributed by atoms with Gasteiger partial charge in [0.1, 0.15) is 12.7 Å². The van der Waals surface area contributed by atoms with Crippen LogP contribution in [0.1, 0.15) is 19.8 Å². The number of halogens is 3. The van der Waals surface area contributed by atoms with Crippen molar-refractivity contribution in [1.29, 1.82) is 0 Å². The maximum absolute atomic E-state index is 10.7. The highest BCUT2D eigenvalue weighted by Gasteiger charge is 2.28. The topological polar surface area (TPSA) is 78.9 Å². The average molecular weight is 322 g/mol. The predicted molar refractivity (Wildman–Crippen MR) is 64.4 cm³/mol. The van der Waals surface area contributed by atoms with Crippen LogP contribution in [0, 0.1) is 0 Å². The first-order chi connectivity index (χ1) is 8.36. The average Bonchev–Trinajstić information content (AvgIpc) is 2.22. The highest BCUT2D eigenvalue weighted by molar-refractivity contribution is 6.61. The maximum Gasteiger partial charge on any atom is 0.404 e. The summed E-state index contributed by atoms with van der Waals surface area (Å²) in [5.41, 5.74) is -3.28. The van der Waals surface area contributed by atoms with E-state index in [-0.39, 0.29) is 0 Å². The van der Waals surface area contributed by atoms with Crippen LogP contribution in [0.25, 0.3) is 0 Å². The Morgan fingerprint density at radius 1 is 0.944 bits per heavy atom. The van der Waals surface area contributed by atoms with E-state index in [1.165, 1.54) is 0 Å². The van der Waals surface area contributed by atoms with Crippen LogP contribution in [-0.2, 0) is 14.2 Å². The Morgan fingerprint density at radius 2 is 1.44 bits per heavy atom. The molecule has 2 atom stereocenters. The highest BCUT2D eigenvalue weighted by Crippen LogP contribution is 2.15. The molecule has 0 N–H and O–H groups in total. The van der Waals surface area contributed by atoms with Gasteiger partial charge in [-0.3, -0.25) is 0 Å². The van der Waals surface area contributed by atoms with Crippen LogP contribution in [0.5, 0.6) is 0 Å². The number of hydrogen-bond acceptors (Lipinski definition) is 6. The Labute approximate surface area is 118 Å². The molecule has 0 aliphatic heterocycles. The number of hydrogen-bond donors (Lipinski definition) is 0. The first-order valence-electron chi connectivity index (χ1n) is 4.91. The minimum atomic E-state index is -1.13. The summed E-state index contributed by atoms with van der Waals surface area (Å²) in [6.07, 6.45) is -0.994. The fraction of sp³-hybridized carbons (Fsp3) is 0.667. The zero-order valence-electron chi connectivity index (χ0n) is 9.36. The van der Waals surface area contributed by atoms with E-state index in [4.69, 9.17) is 39.5 Å². The van der Waals surface area contributed by atoms with E-state index in [1.807, 2.05) is 6.92 Å². The monoisotopic (exact) mass is 320 g/mol. The van der Waals surface area contributed by atoms with Gasteiger partial charge in [0, 0.05) is 34.8 Å². The third-order valence-corrected chi connectivity index (χ3v) is 2.12. The van der Waals surface area contributed by atoms with Crippen LogP contribution in [0.3, 0.4) is 0 Å². The molecular formula is C9H11Cl3O6. The molecule has 0 saturated heterocycles. The number of carbonyl (C=O) groups is 3. The predicted octanol–water partition coefficient (Wildman–Crippen LogP) is 3.65. The van der Waals surface area contributed by atoms with E-state index in [1.54, 1.807) is 0 Å². The van der Waals surface area contributed by atoms with Crippen LogP contribution < -0.4 is 0 Å². The minimum Gasteiger partial charge on any atom is -0.450 e. The maximum atomic E-state index is 10.7. The van der Waals surface area contributed by atoms with Crippen molar-refractivity contribution < 1.29 is 28.6 Å². The van der Waals surface area contributed by atoms with Crippen LogP contribution in [-0.4, -0.2) is 35.1 Å². The molecule has 104 valence electrons. The summed E-state index contributed by atoms with van der Waals surface area (Å²) in [5.74, 6) is 0. The second-order valence-corrected chi connectivity index (χ2v) is 4.05. The van der Waals surface area contributed by atoms with Gasteiger partial charge in [0.2, 0.25) is 0 Å². The lowest BCUT2D eigenvalue weighted by atomic mass is 10.1. The summed E-state index contributed by atoms with van der Waals surface area (Å²) < 4.78 is 13.9. The van der Waals surface area contributed by atoms with Crippen LogP contribution in [0.2, 0.25) is 0 Å². The highest BCUT2D eigenvalue weighted by atomic mass is 35.5. The van der Waals surface area contributed by atoms with Gasteiger partial charge in [0.15, 0.2) is 6.10 Å². The van der Waals surface area contributed by atoms with Crippen molar-refractivity contribution in [3.8, 4) is 0 Å². The number of carbonyl (C=O) groups excluding carboxylic acids is 3. The molecule has 0 saturated carbocycles. The van der Waals surface area contributed by atoms with Gasteiger partial charge in [-0.1, -0.05) is 13.3 Å². The summed E-state index contributed by atoms with van der Waals surface area (Å²) in [5, 5.41) is 0. The molecule has 0 radical (unpaired) electrons. The second kappa shape index (κ2) is 9.24. The van der Waals surface area contributed by atoms with Gasteiger partial charge in [-0.05, 0) is 6.42 Å². The van der Waals surface area contributed by atoms with Crippen molar-refractivity contribution in [3.05, 3.63) is 0 Å². The molecule has 18 heavy (non-hydrogen) atoms. The zero-order valence-corrected chi connectivity index (χ0v) is 11.6. The third kappa shape index (κ3) is 8.38. The molecule has 0 heterocycles. The van der Waals surface area contributed by atoms with Crippen molar-refractivity contribution in [3.63, 3.8) is 0 Å². The number of rotatable bonds is 7. The van der Waals surface area contributed by atoms with Crippen molar-refractivity contribution in [1.82, 2.24) is 0 Å². The SMILES string of the molecule is CCCC(OC(=O)Cl)C(COC(=O)Cl)OC(=O)Cl. The largest absolute Gasteiger partial charge is 0.450 e. The first kappa shape index (κ1) is 17.3. The molecule has 0 aliphatic carbocycles. The zero-order chi connectivity index (χ0) is 14.1. The minimum absolute atomic E-state index is 0.340. The lowest BCUT2D eigenvalue weighted by Crippen LogP contribution is -2.37. The van der Waals surface area contributed by atoms with Crippen molar-refractivity contribution in [2.45, 2.75) is 32.0 Å². The lowest BCUT2D eigenvalue weighted by molar-refractivity contribution is -0.0244. The quantitative estimate of drug-likeness (QED) is 0.526. The summed E-state index contributed by atoms with van der Waals surface area (Å²) in [6, 6.07) is 0. The van der Waals surface area contributed by atoms with Gasteiger partial charge in [-0.2, -0.15) is 0 Å². The summed E-state index contributed by atoms with van der Waals surface area (Å²) in [4.78, 5) is 31.9. The van der Waals surface area contributed by atoms with E-state index >= 15 is 0 Å². The molecule has 0 aromatic rings. The lowest BCUT2D eigenvalue weighted by Gasteiger charge is -2.24.